The van der Waals surface area contributed by atoms with Crippen molar-refractivity contribution >= 4 is 18.0 Å². The van der Waals surface area contributed by atoms with E-state index in [1.807, 2.05) is 13.8 Å². The minimum absolute atomic E-state index is 0.00100. The molecule has 19 heavy (non-hydrogen) atoms. The smallest absolute Gasteiger partial charge is 0.326 e. The second-order valence-electron chi connectivity index (χ2n) is 4.33. The fourth-order valence-corrected chi connectivity index (χ4v) is 1.64. The highest BCUT2D eigenvalue weighted by atomic mass is 16.4. The molecule has 0 radical (unpaired) electrons. The molecule has 0 saturated heterocycles. The summed E-state index contributed by atoms with van der Waals surface area (Å²) in [5, 5.41) is 22.4. The van der Waals surface area contributed by atoms with E-state index in [1.165, 1.54) is 0 Å². The van der Waals surface area contributed by atoms with Crippen LogP contribution in [0.3, 0.4) is 0 Å². The van der Waals surface area contributed by atoms with E-state index >= 15 is 0 Å². The summed E-state index contributed by atoms with van der Waals surface area (Å²) in [5.74, 6) is -2.33. The van der Waals surface area contributed by atoms with E-state index in [0.29, 0.717) is 0 Å². The molecule has 2 atom stereocenters. The molecule has 2 amide bonds. The Bertz CT molecular complexity index is 319. The van der Waals surface area contributed by atoms with Gasteiger partial charge in [-0.3, -0.25) is 4.79 Å². The van der Waals surface area contributed by atoms with Crippen molar-refractivity contribution in [2.75, 3.05) is 0 Å². The van der Waals surface area contributed by atoms with E-state index in [2.05, 4.69) is 10.6 Å². The van der Waals surface area contributed by atoms with Crippen LogP contribution in [-0.2, 0) is 9.59 Å². The second kappa shape index (κ2) is 9.18. The maximum absolute atomic E-state index is 11.6. The molecule has 0 fully saturated rings. The molecule has 0 saturated carbocycles. The van der Waals surface area contributed by atoms with Gasteiger partial charge in [0.2, 0.25) is 0 Å². The van der Waals surface area contributed by atoms with Crippen LogP contribution in [0.2, 0.25) is 0 Å². The van der Waals surface area contributed by atoms with Gasteiger partial charge in [-0.25, -0.2) is 9.59 Å². The van der Waals surface area contributed by atoms with Gasteiger partial charge in [-0.1, -0.05) is 20.3 Å². The van der Waals surface area contributed by atoms with Gasteiger partial charge in [0.15, 0.2) is 0 Å². The molecule has 110 valence electrons. The van der Waals surface area contributed by atoms with Crippen molar-refractivity contribution < 1.29 is 24.6 Å². The molecule has 1 unspecified atom stereocenters. The second-order valence-corrected chi connectivity index (χ2v) is 4.33. The summed E-state index contributed by atoms with van der Waals surface area (Å²) in [6.07, 6.45) is 2.05. The van der Waals surface area contributed by atoms with E-state index in [0.717, 1.165) is 19.3 Å². The first kappa shape index (κ1) is 17.2. The monoisotopic (exact) mass is 274 g/mol. The van der Waals surface area contributed by atoms with Crippen molar-refractivity contribution in [3.05, 3.63) is 0 Å². The highest BCUT2D eigenvalue weighted by Crippen LogP contribution is 2.02. The molecule has 0 aromatic heterocycles. The molecule has 0 aliphatic heterocycles. The molecule has 7 heteroatoms. The largest absolute Gasteiger partial charge is 0.481 e. The number of carboxylic acid groups (broad SMARTS) is 2. The minimum Gasteiger partial charge on any atom is -0.481 e. The third kappa shape index (κ3) is 8.01. The first-order valence-corrected chi connectivity index (χ1v) is 6.42. The Morgan fingerprint density at radius 3 is 2.11 bits per heavy atom. The number of hydrogen-bond donors (Lipinski definition) is 4. The summed E-state index contributed by atoms with van der Waals surface area (Å²) in [6.45, 7) is 3.93. The van der Waals surface area contributed by atoms with E-state index in [4.69, 9.17) is 10.2 Å². The fraction of sp³-hybridized carbons (Fsp3) is 0.750. The maximum atomic E-state index is 11.6. The molecule has 0 rings (SSSR count). The van der Waals surface area contributed by atoms with Crippen LogP contribution in [0.1, 0.15) is 46.0 Å². The van der Waals surface area contributed by atoms with Crippen LogP contribution in [0.25, 0.3) is 0 Å². The van der Waals surface area contributed by atoms with Crippen molar-refractivity contribution in [3.8, 4) is 0 Å². The van der Waals surface area contributed by atoms with Crippen LogP contribution in [0.15, 0.2) is 0 Å². The number of carbonyl (C=O) groups is 3. The first-order valence-electron chi connectivity index (χ1n) is 6.42. The van der Waals surface area contributed by atoms with Crippen LogP contribution in [0.5, 0.6) is 0 Å². The molecule has 0 bridgehead atoms. The number of aliphatic carboxylic acids is 2. The topological polar surface area (TPSA) is 116 Å². The van der Waals surface area contributed by atoms with Gasteiger partial charge in [0.05, 0.1) is 0 Å². The normalized spacial score (nSPS) is 13.4. The zero-order valence-electron chi connectivity index (χ0n) is 11.3. The van der Waals surface area contributed by atoms with Gasteiger partial charge >= 0.3 is 18.0 Å². The number of urea groups is 1. The summed E-state index contributed by atoms with van der Waals surface area (Å²) in [4.78, 5) is 32.9. The third-order valence-electron chi connectivity index (χ3n) is 2.72. The van der Waals surface area contributed by atoms with Gasteiger partial charge in [-0.05, 0) is 19.3 Å². The quantitative estimate of drug-likeness (QED) is 0.504. The van der Waals surface area contributed by atoms with Crippen LogP contribution >= 0.6 is 0 Å². The number of rotatable bonds is 9. The van der Waals surface area contributed by atoms with Crippen LogP contribution in [0, 0.1) is 0 Å². The summed E-state index contributed by atoms with van der Waals surface area (Å²) in [6, 6.07) is -1.76. The summed E-state index contributed by atoms with van der Waals surface area (Å²) >= 11 is 0. The summed E-state index contributed by atoms with van der Waals surface area (Å²) < 4.78 is 0. The lowest BCUT2D eigenvalue weighted by Crippen LogP contribution is -2.49. The van der Waals surface area contributed by atoms with Gasteiger partial charge in [-0.15, -0.1) is 0 Å². The Morgan fingerprint density at radius 2 is 1.68 bits per heavy atom. The van der Waals surface area contributed by atoms with Crippen molar-refractivity contribution in [3.63, 3.8) is 0 Å². The lowest BCUT2D eigenvalue weighted by Gasteiger charge is -2.19. The van der Waals surface area contributed by atoms with Gasteiger partial charge in [0.1, 0.15) is 6.04 Å². The number of nitrogens with one attached hydrogen (secondary N) is 2. The maximum Gasteiger partial charge on any atom is 0.326 e. The minimum atomic E-state index is -1.24. The van der Waals surface area contributed by atoms with Crippen LogP contribution in [-0.4, -0.2) is 40.3 Å². The zero-order valence-corrected chi connectivity index (χ0v) is 11.3. The average molecular weight is 274 g/mol. The molecule has 0 aliphatic rings. The molecule has 4 N–H and O–H groups in total. The average Bonchev–Trinajstić information content (AvgIpc) is 2.33. The van der Waals surface area contributed by atoms with E-state index < -0.39 is 24.0 Å². The highest BCUT2D eigenvalue weighted by molar-refractivity contribution is 5.83. The van der Waals surface area contributed by atoms with Crippen molar-refractivity contribution in [1.29, 1.82) is 0 Å². The molecule has 0 spiro atoms. The van der Waals surface area contributed by atoms with E-state index in [1.54, 1.807) is 0 Å². The molecule has 0 heterocycles. The lowest BCUT2D eigenvalue weighted by atomic mass is 10.1. The predicted octanol–water partition coefficient (Wildman–Crippen LogP) is 1.18. The molecule has 0 aliphatic carbocycles. The number of hydrogen-bond acceptors (Lipinski definition) is 3. The fourth-order valence-electron chi connectivity index (χ4n) is 1.64. The van der Waals surface area contributed by atoms with E-state index in [-0.39, 0.29) is 18.9 Å². The Labute approximate surface area is 112 Å². The zero-order chi connectivity index (χ0) is 14.8. The summed E-state index contributed by atoms with van der Waals surface area (Å²) in [5.41, 5.74) is 0. The SMILES string of the molecule is CCCC(CC)NC(=O)N[C@@H](CCC(=O)O)C(=O)O. The summed E-state index contributed by atoms with van der Waals surface area (Å²) in [7, 11) is 0. The number of carbonyl (C=O) groups excluding carboxylic acids is 1. The number of carboxylic acids is 2. The Morgan fingerprint density at radius 1 is 1.05 bits per heavy atom. The van der Waals surface area contributed by atoms with Gasteiger partial charge in [0.25, 0.3) is 0 Å². The molecule has 0 aromatic rings. The molecular weight excluding hydrogens is 252 g/mol. The van der Waals surface area contributed by atoms with Crippen LogP contribution < -0.4 is 10.6 Å². The van der Waals surface area contributed by atoms with Crippen LogP contribution in [0.4, 0.5) is 4.79 Å². The van der Waals surface area contributed by atoms with Gasteiger partial charge in [0, 0.05) is 12.5 Å². The Kier molecular flexibility index (Phi) is 8.32. The van der Waals surface area contributed by atoms with Crippen molar-refractivity contribution in [2.45, 2.75) is 58.0 Å². The number of amides is 2. The van der Waals surface area contributed by atoms with E-state index in [9.17, 15) is 14.4 Å². The van der Waals surface area contributed by atoms with Crippen molar-refractivity contribution in [2.24, 2.45) is 0 Å². The predicted molar refractivity (Wildman–Crippen MR) is 68.9 cm³/mol. The Hall–Kier alpha value is -1.79. The molecular formula is C12H22N2O5. The highest BCUT2D eigenvalue weighted by Gasteiger charge is 2.21. The lowest BCUT2D eigenvalue weighted by molar-refractivity contribution is -0.140. The van der Waals surface area contributed by atoms with Gasteiger partial charge < -0.3 is 20.8 Å². The Balaban J connectivity index is 4.30. The molecule has 7 nitrogen and oxygen atoms in total. The van der Waals surface area contributed by atoms with Crippen molar-refractivity contribution in [1.82, 2.24) is 10.6 Å². The molecule has 0 aromatic carbocycles. The first-order chi connectivity index (χ1) is 8.90. The third-order valence-corrected chi connectivity index (χ3v) is 2.72. The standard InChI is InChI=1S/C12H22N2O5/c1-3-5-8(4-2)13-12(19)14-9(11(17)18)6-7-10(15)16/h8-9H,3-7H2,1-2H3,(H,15,16)(H,17,18)(H2,13,14,19)/t8?,9-/m0/s1. The van der Waals surface area contributed by atoms with Gasteiger partial charge in [-0.2, -0.15) is 0 Å².